The van der Waals surface area contributed by atoms with Gasteiger partial charge in [-0.2, -0.15) is 0 Å². The maximum absolute atomic E-state index is 11.9. The molecule has 4 heterocycles. The predicted octanol–water partition coefficient (Wildman–Crippen LogP) is 1.33. The minimum atomic E-state index is -0.748. The highest BCUT2D eigenvalue weighted by atomic mass is 16.5. The molecule has 25 heavy (non-hydrogen) atoms. The third-order valence-corrected chi connectivity index (χ3v) is 5.74. The SMILES string of the molecule is O=C(O)[C@@H]1CN(C[C@H]2CCOC2)Cc2ncn(CC3CCOCC3)c21. The van der Waals surface area contributed by atoms with E-state index in [2.05, 4.69) is 14.5 Å². The van der Waals surface area contributed by atoms with Crippen LogP contribution in [0.4, 0.5) is 0 Å². The van der Waals surface area contributed by atoms with E-state index in [4.69, 9.17) is 9.47 Å². The van der Waals surface area contributed by atoms with Gasteiger partial charge < -0.3 is 19.1 Å². The minimum absolute atomic E-state index is 0.492. The van der Waals surface area contributed by atoms with Crippen molar-refractivity contribution < 1.29 is 19.4 Å². The van der Waals surface area contributed by atoms with E-state index in [9.17, 15) is 9.90 Å². The largest absolute Gasteiger partial charge is 0.481 e. The Morgan fingerprint density at radius 3 is 2.64 bits per heavy atom. The molecule has 0 saturated carbocycles. The van der Waals surface area contributed by atoms with Crippen molar-refractivity contribution in [1.82, 2.24) is 14.5 Å². The number of carboxylic acid groups (broad SMARTS) is 1. The quantitative estimate of drug-likeness (QED) is 0.864. The van der Waals surface area contributed by atoms with E-state index in [0.717, 1.165) is 76.7 Å². The fraction of sp³-hybridized carbons (Fsp3) is 0.778. The van der Waals surface area contributed by atoms with Gasteiger partial charge in [-0.3, -0.25) is 9.69 Å². The van der Waals surface area contributed by atoms with Gasteiger partial charge >= 0.3 is 5.97 Å². The summed E-state index contributed by atoms with van der Waals surface area (Å²) in [4.78, 5) is 18.7. The zero-order valence-corrected chi connectivity index (χ0v) is 14.6. The topological polar surface area (TPSA) is 76.8 Å². The summed E-state index contributed by atoms with van der Waals surface area (Å²) in [6.45, 7) is 6.30. The summed E-state index contributed by atoms with van der Waals surface area (Å²) >= 11 is 0. The molecule has 1 N–H and O–H groups in total. The van der Waals surface area contributed by atoms with Crippen molar-refractivity contribution in [3.8, 4) is 0 Å². The average molecular weight is 349 g/mol. The Hall–Kier alpha value is -1.44. The van der Waals surface area contributed by atoms with Crippen molar-refractivity contribution in [2.45, 2.75) is 38.3 Å². The van der Waals surface area contributed by atoms with Crippen molar-refractivity contribution in [3.05, 3.63) is 17.7 Å². The van der Waals surface area contributed by atoms with Crippen LogP contribution in [0.3, 0.4) is 0 Å². The first kappa shape index (κ1) is 17.0. The summed E-state index contributed by atoms with van der Waals surface area (Å²) < 4.78 is 13.0. The standard InChI is InChI=1S/C18H27N3O4/c22-18(23)15-9-20(7-14-3-6-25-11-14)10-16-17(15)21(12-19-16)8-13-1-4-24-5-2-13/h12-15H,1-11H2,(H,22,23)/t14-,15-/m1/s1. The maximum atomic E-state index is 11.9. The van der Waals surface area contributed by atoms with E-state index in [1.807, 2.05) is 6.33 Å². The molecule has 1 aromatic rings. The number of carboxylic acids is 1. The van der Waals surface area contributed by atoms with Crippen LogP contribution in [0, 0.1) is 11.8 Å². The lowest BCUT2D eigenvalue weighted by molar-refractivity contribution is -0.139. The smallest absolute Gasteiger partial charge is 0.313 e. The lowest BCUT2D eigenvalue weighted by Gasteiger charge is -2.33. The van der Waals surface area contributed by atoms with Crippen LogP contribution in [0.15, 0.2) is 6.33 Å². The molecule has 2 atom stereocenters. The summed E-state index contributed by atoms with van der Waals surface area (Å²) in [6.07, 6.45) is 4.99. The summed E-state index contributed by atoms with van der Waals surface area (Å²) in [7, 11) is 0. The van der Waals surface area contributed by atoms with Gasteiger partial charge in [0.25, 0.3) is 0 Å². The molecule has 1 aromatic heterocycles. The lowest BCUT2D eigenvalue weighted by atomic mass is 9.95. The molecule has 4 rings (SSSR count). The molecule has 0 aliphatic carbocycles. The Kier molecular flexibility index (Phi) is 5.05. The Bertz CT molecular complexity index is 605. The van der Waals surface area contributed by atoms with Crippen LogP contribution in [-0.4, -0.2) is 65.0 Å². The van der Waals surface area contributed by atoms with Crippen LogP contribution in [-0.2, 0) is 27.4 Å². The molecule has 0 unspecified atom stereocenters. The second-order valence-corrected chi connectivity index (χ2v) is 7.60. The number of imidazole rings is 1. The molecule has 0 amide bonds. The van der Waals surface area contributed by atoms with E-state index in [1.54, 1.807) is 0 Å². The number of rotatable bonds is 5. The van der Waals surface area contributed by atoms with E-state index in [1.165, 1.54) is 0 Å². The Morgan fingerprint density at radius 1 is 1.16 bits per heavy atom. The van der Waals surface area contributed by atoms with Crippen LogP contribution in [0.5, 0.6) is 0 Å². The molecule has 0 radical (unpaired) electrons. The number of fused-ring (bicyclic) bond motifs is 1. The fourth-order valence-corrected chi connectivity index (χ4v) is 4.36. The zero-order chi connectivity index (χ0) is 17.2. The molecule has 2 fully saturated rings. The maximum Gasteiger partial charge on any atom is 0.313 e. The van der Waals surface area contributed by atoms with Crippen molar-refractivity contribution in [2.24, 2.45) is 11.8 Å². The number of nitrogens with zero attached hydrogens (tertiary/aromatic N) is 3. The Morgan fingerprint density at radius 2 is 1.92 bits per heavy atom. The molecule has 0 bridgehead atoms. The van der Waals surface area contributed by atoms with E-state index >= 15 is 0 Å². The molecule has 7 heteroatoms. The summed E-state index contributed by atoms with van der Waals surface area (Å²) in [5, 5.41) is 9.80. The van der Waals surface area contributed by atoms with Crippen LogP contribution in [0.25, 0.3) is 0 Å². The second-order valence-electron chi connectivity index (χ2n) is 7.60. The lowest BCUT2D eigenvalue weighted by Crippen LogP contribution is -2.40. The number of hydrogen-bond acceptors (Lipinski definition) is 5. The molecule has 0 spiro atoms. The Labute approximate surface area is 147 Å². The van der Waals surface area contributed by atoms with E-state index < -0.39 is 11.9 Å². The Balaban J connectivity index is 1.50. The molecule has 138 valence electrons. The van der Waals surface area contributed by atoms with Gasteiger partial charge in [-0.1, -0.05) is 0 Å². The zero-order valence-electron chi connectivity index (χ0n) is 14.6. The molecular formula is C18H27N3O4. The van der Waals surface area contributed by atoms with Gasteiger partial charge in [-0.05, 0) is 31.1 Å². The van der Waals surface area contributed by atoms with Gasteiger partial charge in [-0.25, -0.2) is 4.98 Å². The number of aromatic nitrogens is 2. The van der Waals surface area contributed by atoms with Crippen molar-refractivity contribution in [2.75, 3.05) is 39.5 Å². The van der Waals surface area contributed by atoms with Crippen LogP contribution < -0.4 is 0 Å². The molecule has 0 aromatic carbocycles. The summed E-state index contributed by atoms with van der Waals surface area (Å²) in [5.74, 6) is -0.175. The molecular weight excluding hydrogens is 322 g/mol. The third kappa shape index (κ3) is 3.73. The van der Waals surface area contributed by atoms with Crippen LogP contribution >= 0.6 is 0 Å². The normalized spacial score (nSPS) is 28.2. The molecule has 3 aliphatic heterocycles. The van der Waals surface area contributed by atoms with Gasteiger partial charge in [-0.15, -0.1) is 0 Å². The molecule has 7 nitrogen and oxygen atoms in total. The highest BCUT2D eigenvalue weighted by Crippen LogP contribution is 2.31. The summed E-state index contributed by atoms with van der Waals surface area (Å²) in [6, 6.07) is 0. The monoisotopic (exact) mass is 349 g/mol. The van der Waals surface area contributed by atoms with Gasteiger partial charge in [0.15, 0.2) is 0 Å². The van der Waals surface area contributed by atoms with Crippen molar-refractivity contribution >= 4 is 5.97 Å². The average Bonchev–Trinajstić information content (AvgIpc) is 3.25. The molecule has 2 saturated heterocycles. The number of ether oxygens (including phenoxy) is 2. The molecule has 3 aliphatic rings. The first-order valence-corrected chi connectivity index (χ1v) is 9.35. The minimum Gasteiger partial charge on any atom is -0.481 e. The van der Waals surface area contributed by atoms with E-state index in [0.29, 0.717) is 18.4 Å². The van der Waals surface area contributed by atoms with E-state index in [-0.39, 0.29) is 0 Å². The summed E-state index contributed by atoms with van der Waals surface area (Å²) in [5.41, 5.74) is 1.85. The van der Waals surface area contributed by atoms with Gasteiger partial charge in [0.05, 0.1) is 24.3 Å². The van der Waals surface area contributed by atoms with Crippen molar-refractivity contribution in [1.29, 1.82) is 0 Å². The third-order valence-electron chi connectivity index (χ3n) is 5.74. The van der Waals surface area contributed by atoms with Crippen LogP contribution in [0.2, 0.25) is 0 Å². The highest BCUT2D eigenvalue weighted by Gasteiger charge is 2.35. The van der Waals surface area contributed by atoms with Crippen LogP contribution in [0.1, 0.15) is 36.6 Å². The number of carbonyl (C=O) groups is 1. The number of hydrogen-bond donors (Lipinski definition) is 1. The second kappa shape index (κ2) is 7.43. The van der Waals surface area contributed by atoms with Crippen molar-refractivity contribution in [3.63, 3.8) is 0 Å². The highest BCUT2D eigenvalue weighted by molar-refractivity contribution is 5.76. The van der Waals surface area contributed by atoms with Gasteiger partial charge in [0, 0.05) is 46.0 Å². The first-order chi connectivity index (χ1) is 12.2. The predicted molar refractivity (Wildman–Crippen MR) is 90.3 cm³/mol. The fourth-order valence-electron chi connectivity index (χ4n) is 4.36. The van der Waals surface area contributed by atoms with Gasteiger partial charge in [0.1, 0.15) is 5.92 Å². The number of aliphatic carboxylic acids is 1. The van der Waals surface area contributed by atoms with Gasteiger partial charge in [0.2, 0.25) is 0 Å². The first-order valence-electron chi connectivity index (χ1n) is 9.35.